The van der Waals surface area contributed by atoms with Gasteiger partial charge in [0.25, 0.3) is 0 Å². The van der Waals surface area contributed by atoms with Gasteiger partial charge in [-0.15, -0.1) is 0 Å². The van der Waals surface area contributed by atoms with E-state index in [-0.39, 0.29) is 11.9 Å². The van der Waals surface area contributed by atoms with Crippen molar-refractivity contribution in [1.82, 2.24) is 5.32 Å². The minimum Gasteiger partial charge on any atom is -0.491 e. The van der Waals surface area contributed by atoms with Crippen molar-refractivity contribution in [2.45, 2.75) is 13.0 Å². The van der Waals surface area contributed by atoms with E-state index in [0.717, 1.165) is 5.75 Å². The second-order valence-electron chi connectivity index (χ2n) is 4.75. The van der Waals surface area contributed by atoms with E-state index in [1.54, 1.807) is 12.1 Å². The van der Waals surface area contributed by atoms with Crippen LogP contribution in [-0.2, 0) is 0 Å². The highest BCUT2D eigenvalue weighted by Gasteiger charge is 2.08. The fourth-order valence-electron chi connectivity index (χ4n) is 1.75. The maximum Gasteiger partial charge on any atom is 0.171 e. The fourth-order valence-corrected chi connectivity index (χ4v) is 2.40. The van der Waals surface area contributed by atoms with Crippen molar-refractivity contribution in [3.63, 3.8) is 0 Å². The lowest BCUT2D eigenvalue weighted by molar-refractivity contribution is 0.287. The van der Waals surface area contributed by atoms with Gasteiger partial charge in [0.05, 0.1) is 11.7 Å². The summed E-state index contributed by atoms with van der Waals surface area (Å²) in [5, 5.41) is 6.25. The minimum absolute atomic E-state index is 0.0151. The minimum atomic E-state index is -0.369. The number of anilines is 1. The Labute approximate surface area is 143 Å². The van der Waals surface area contributed by atoms with Crippen LogP contribution in [0.5, 0.6) is 5.75 Å². The molecule has 22 heavy (non-hydrogen) atoms. The molecule has 0 amide bonds. The molecule has 2 N–H and O–H groups in total. The van der Waals surface area contributed by atoms with Gasteiger partial charge < -0.3 is 15.4 Å². The molecule has 2 rings (SSSR count). The van der Waals surface area contributed by atoms with Gasteiger partial charge >= 0.3 is 0 Å². The second-order valence-corrected chi connectivity index (χ2v) is 6.07. The maximum absolute atomic E-state index is 13.7. The molecule has 0 unspecified atom stereocenters. The van der Waals surface area contributed by atoms with Crippen molar-refractivity contribution in [3.05, 3.63) is 58.8 Å². The third-order valence-electron chi connectivity index (χ3n) is 2.80. The van der Waals surface area contributed by atoms with E-state index in [9.17, 15) is 4.39 Å². The predicted molar refractivity (Wildman–Crippen MR) is 94.9 cm³/mol. The van der Waals surface area contributed by atoms with E-state index in [2.05, 4.69) is 26.6 Å². The number of nitrogens with one attached hydrogen (secondary N) is 2. The van der Waals surface area contributed by atoms with Gasteiger partial charge in [-0.2, -0.15) is 0 Å². The molecule has 0 saturated heterocycles. The number of benzene rings is 2. The lowest BCUT2D eigenvalue weighted by atomic mass is 10.3. The molecule has 0 radical (unpaired) electrons. The van der Waals surface area contributed by atoms with Crippen LogP contribution in [0.2, 0.25) is 0 Å². The Morgan fingerprint density at radius 3 is 2.68 bits per heavy atom. The lowest BCUT2D eigenvalue weighted by Gasteiger charge is -2.18. The summed E-state index contributed by atoms with van der Waals surface area (Å²) >= 11 is 8.39. The van der Waals surface area contributed by atoms with Crippen LogP contribution in [0, 0.1) is 5.82 Å². The lowest BCUT2D eigenvalue weighted by Crippen LogP contribution is -2.39. The molecular formula is C16H16BrFN2OS. The summed E-state index contributed by atoms with van der Waals surface area (Å²) in [6.45, 7) is 2.39. The Morgan fingerprint density at radius 1 is 1.27 bits per heavy atom. The largest absolute Gasteiger partial charge is 0.491 e. The van der Waals surface area contributed by atoms with E-state index in [1.807, 2.05) is 37.3 Å². The first-order chi connectivity index (χ1) is 10.5. The molecule has 0 aliphatic rings. The molecule has 116 valence electrons. The standard InChI is InChI=1S/C16H16BrFN2OS/c1-11(10-21-13-5-3-2-4-6-13)19-16(22)20-15-8-7-12(17)9-14(15)18/h2-9,11H,10H2,1H3,(H2,19,20,22)/t11-/m1/s1. The van der Waals surface area contributed by atoms with Crippen LogP contribution in [0.1, 0.15) is 6.92 Å². The number of halogens is 2. The van der Waals surface area contributed by atoms with Gasteiger partial charge in [0.2, 0.25) is 0 Å². The van der Waals surface area contributed by atoms with Crippen LogP contribution in [0.25, 0.3) is 0 Å². The number of rotatable bonds is 5. The SMILES string of the molecule is C[C@H](COc1ccccc1)NC(=S)Nc1ccc(Br)cc1F. The third-order valence-corrected chi connectivity index (χ3v) is 3.51. The summed E-state index contributed by atoms with van der Waals surface area (Å²) in [5.74, 6) is 0.431. The van der Waals surface area contributed by atoms with Crippen molar-refractivity contribution >= 4 is 38.9 Å². The molecular weight excluding hydrogens is 367 g/mol. The highest BCUT2D eigenvalue weighted by Crippen LogP contribution is 2.19. The van der Waals surface area contributed by atoms with Crippen molar-refractivity contribution < 1.29 is 9.13 Å². The van der Waals surface area contributed by atoms with Crippen LogP contribution >= 0.6 is 28.1 Å². The highest BCUT2D eigenvalue weighted by molar-refractivity contribution is 9.10. The van der Waals surface area contributed by atoms with Gasteiger partial charge in [0.15, 0.2) is 5.11 Å². The summed E-state index contributed by atoms with van der Waals surface area (Å²) in [6.07, 6.45) is 0. The van der Waals surface area contributed by atoms with Gasteiger partial charge in [-0.25, -0.2) is 4.39 Å². The Morgan fingerprint density at radius 2 is 2.00 bits per heavy atom. The number of hydrogen-bond donors (Lipinski definition) is 2. The van der Waals surface area contributed by atoms with Crippen LogP contribution < -0.4 is 15.4 Å². The fraction of sp³-hybridized carbons (Fsp3) is 0.188. The monoisotopic (exact) mass is 382 g/mol. The Bertz CT molecular complexity index is 639. The normalized spacial score (nSPS) is 11.6. The molecule has 0 fully saturated rings. The van der Waals surface area contributed by atoms with Crippen LogP contribution in [0.4, 0.5) is 10.1 Å². The average molecular weight is 383 g/mol. The molecule has 3 nitrogen and oxygen atoms in total. The van der Waals surface area contributed by atoms with Gasteiger partial charge in [0, 0.05) is 4.47 Å². The zero-order valence-electron chi connectivity index (χ0n) is 12.0. The summed E-state index contributed by atoms with van der Waals surface area (Å²) < 4.78 is 20.0. The first-order valence-electron chi connectivity index (χ1n) is 6.75. The van der Waals surface area contributed by atoms with Crippen LogP contribution in [-0.4, -0.2) is 17.8 Å². The van der Waals surface area contributed by atoms with Gasteiger partial charge in [-0.1, -0.05) is 34.1 Å². The Hall–Kier alpha value is -1.66. The molecule has 2 aromatic carbocycles. The molecule has 0 saturated carbocycles. The Kier molecular flexibility index (Phi) is 6.15. The summed E-state index contributed by atoms with van der Waals surface area (Å²) in [6, 6.07) is 14.3. The van der Waals surface area contributed by atoms with Gasteiger partial charge in [-0.05, 0) is 49.5 Å². The summed E-state index contributed by atoms with van der Waals surface area (Å²) in [4.78, 5) is 0. The van der Waals surface area contributed by atoms with Crippen molar-refractivity contribution in [1.29, 1.82) is 0 Å². The molecule has 0 heterocycles. The molecule has 6 heteroatoms. The van der Waals surface area contributed by atoms with E-state index in [1.165, 1.54) is 6.07 Å². The predicted octanol–water partition coefficient (Wildman–Crippen LogP) is 4.34. The van der Waals surface area contributed by atoms with Crippen molar-refractivity contribution in [2.24, 2.45) is 0 Å². The molecule has 0 bridgehead atoms. The van der Waals surface area contributed by atoms with Gasteiger partial charge in [-0.3, -0.25) is 0 Å². The third kappa shape index (κ3) is 5.27. The smallest absolute Gasteiger partial charge is 0.171 e. The summed E-state index contributed by atoms with van der Waals surface area (Å²) in [7, 11) is 0. The average Bonchev–Trinajstić information content (AvgIpc) is 2.49. The maximum atomic E-state index is 13.7. The number of ether oxygens (including phenoxy) is 1. The molecule has 0 spiro atoms. The molecule has 0 aromatic heterocycles. The van der Waals surface area contributed by atoms with Crippen LogP contribution in [0.15, 0.2) is 53.0 Å². The first-order valence-corrected chi connectivity index (χ1v) is 7.95. The molecule has 2 aromatic rings. The van der Waals surface area contributed by atoms with E-state index >= 15 is 0 Å². The van der Waals surface area contributed by atoms with Gasteiger partial charge in [0.1, 0.15) is 18.2 Å². The Balaban J connectivity index is 1.81. The zero-order chi connectivity index (χ0) is 15.9. The van der Waals surface area contributed by atoms with E-state index in [0.29, 0.717) is 21.9 Å². The number of hydrogen-bond acceptors (Lipinski definition) is 2. The van der Waals surface area contributed by atoms with Crippen molar-refractivity contribution in [3.8, 4) is 5.75 Å². The highest BCUT2D eigenvalue weighted by atomic mass is 79.9. The van der Waals surface area contributed by atoms with Crippen molar-refractivity contribution in [2.75, 3.05) is 11.9 Å². The first kappa shape index (κ1) is 16.7. The molecule has 0 aliphatic carbocycles. The van der Waals surface area contributed by atoms with E-state index < -0.39 is 0 Å². The molecule has 1 atom stereocenters. The topological polar surface area (TPSA) is 33.3 Å². The number of thiocarbonyl (C=S) groups is 1. The zero-order valence-corrected chi connectivity index (χ0v) is 14.4. The number of para-hydroxylation sites is 1. The quantitative estimate of drug-likeness (QED) is 0.753. The van der Waals surface area contributed by atoms with E-state index in [4.69, 9.17) is 17.0 Å². The summed E-state index contributed by atoms with van der Waals surface area (Å²) in [5.41, 5.74) is 0.330. The van der Waals surface area contributed by atoms with Crippen LogP contribution in [0.3, 0.4) is 0 Å². The second kappa shape index (κ2) is 8.10. The molecule has 0 aliphatic heterocycles.